The Morgan fingerprint density at radius 2 is 1.76 bits per heavy atom. The summed E-state index contributed by atoms with van der Waals surface area (Å²) >= 11 is 0. The SMILES string of the molecule is Nc1ncnc2c1c(-c1ccc(Oc3ccccc3)cc1)nn2[C@H]1CCN(Cc2cc(F)c3c(c2)CN(C2CCC(=O)NC2=O)C3=O)C[C@H]1F. The molecule has 5 aromatic rings. The van der Waals surface area contributed by atoms with E-state index in [0.29, 0.717) is 52.3 Å². The van der Waals surface area contributed by atoms with Gasteiger partial charge in [0.15, 0.2) is 5.65 Å². The number of alkyl halides is 1. The predicted molar refractivity (Wildman–Crippen MR) is 178 cm³/mol. The van der Waals surface area contributed by atoms with Crippen molar-refractivity contribution in [3.05, 3.63) is 95.6 Å². The monoisotopic (exact) mass is 678 g/mol. The van der Waals surface area contributed by atoms with Gasteiger partial charge in [-0.3, -0.25) is 24.6 Å². The molecule has 2 saturated heterocycles. The highest BCUT2D eigenvalue weighted by Gasteiger charge is 2.41. The van der Waals surface area contributed by atoms with Gasteiger partial charge in [-0.05, 0) is 66.4 Å². The van der Waals surface area contributed by atoms with E-state index in [-0.39, 0.29) is 43.9 Å². The zero-order chi connectivity index (χ0) is 34.5. The van der Waals surface area contributed by atoms with Crippen molar-refractivity contribution >= 4 is 34.6 Å². The number of hydrogen-bond donors (Lipinski definition) is 2. The van der Waals surface area contributed by atoms with Crippen LogP contribution >= 0.6 is 0 Å². The number of fused-ring (bicyclic) bond motifs is 2. The Hall–Kier alpha value is -5.76. The minimum Gasteiger partial charge on any atom is -0.457 e. The van der Waals surface area contributed by atoms with E-state index in [1.807, 2.05) is 59.5 Å². The van der Waals surface area contributed by atoms with Crippen LogP contribution in [0.25, 0.3) is 22.3 Å². The number of para-hydroxylation sites is 1. The van der Waals surface area contributed by atoms with Crippen molar-refractivity contribution in [2.75, 3.05) is 18.8 Å². The molecule has 2 fully saturated rings. The molecular formula is C36H32F2N8O4. The average Bonchev–Trinajstić information content (AvgIpc) is 3.64. The fraction of sp³-hybridized carbons (Fsp3) is 0.278. The van der Waals surface area contributed by atoms with E-state index in [4.69, 9.17) is 15.6 Å². The summed E-state index contributed by atoms with van der Waals surface area (Å²) in [5.74, 6) is -0.616. The van der Waals surface area contributed by atoms with Gasteiger partial charge in [0.1, 0.15) is 47.4 Å². The number of hydrogen-bond acceptors (Lipinski definition) is 9. The molecule has 3 aliphatic rings. The molecule has 3 amide bonds. The van der Waals surface area contributed by atoms with E-state index >= 15 is 8.78 Å². The number of piperidine rings is 2. The Labute approximate surface area is 284 Å². The Balaban J connectivity index is 0.985. The number of amides is 3. The number of benzene rings is 3. The lowest BCUT2D eigenvalue weighted by atomic mass is 10.0. The third kappa shape index (κ3) is 5.70. The minimum absolute atomic E-state index is 0.0570. The molecule has 8 rings (SSSR count). The number of nitrogen functional groups attached to an aromatic ring is 1. The molecule has 0 spiro atoms. The summed E-state index contributed by atoms with van der Waals surface area (Å²) in [6.45, 7) is 0.879. The van der Waals surface area contributed by atoms with Crippen LogP contribution in [0.3, 0.4) is 0 Å². The van der Waals surface area contributed by atoms with Gasteiger partial charge >= 0.3 is 0 Å². The molecule has 0 radical (unpaired) electrons. The van der Waals surface area contributed by atoms with E-state index in [0.717, 1.165) is 5.56 Å². The quantitative estimate of drug-likeness (QED) is 0.237. The van der Waals surface area contributed by atoms with Gasteiger partial charge in [-0.2, -0.15) is 5.10 Å². The molecule has 0 saturated carbocycles. The first-order valence-electron chi connectivity index (χ1n) is 16.4. The summed E-state index contributed by atoms with van der Waals surface area (Å²) in [7, 11) is 0. The van der Waals surface area contributed by atoms with E-state index in [9.17, 15) is 14.4 Å². The third-order valence-electron chi connectivity index (χ3n) is 9.57. The number of carbonyl (C=O) groups excluding carboxylic acids is 3. The van der Waals surface area contributed by atoms with Crippen LogP contribution < -0.4 is 15.8 Å². The molecule has 3 atom stereocenters. The highest BCUT2D eigenvalue weighted by Crippen LogP contribution is 2.37. The number of likely N-dealkylation sites (tertiary alicyclic amines) is 1. The highest BCUT2D eigenvalue weighted by molar-refractivity contribution is 6.05. The van der Waals surface area contributed by atoms with Gasteiger partial charge in [0, 0.05) is 38.2 Å². The van der Waals surface area contributed by atoms with E-state index in [2.05, 4.69) is 15.3 Å². The van der Waals surface area contributed by atoms with Gasteiger partial charge in [-0.1, -0.05) is 24.3 Å². The third-order valence-corrected chi connectivity index (χ3v) is 9.57. The number of nitrogens with one attached hydrogen (secondary N) is 1. The number of nitrogens with two attached hydrogens (primary N) is 1. The normalized spacial score (nSPS) is 21.0. The lowest BCUT2D eigenvalue weighted by molar-refractivity contribution is -0.136. The average molecular weight is 679 g/mol. The zero-order valence-corrected chi connectivity index (χ0v) is 26.8. The smallest absolute Gasteiger partial charge is 0.258 e. The van der Waals surface area contributed by atoms with Crippen LogP contribution in [0.15, 0.2) is 73.1 Å². The second-order valence-electron chi connectivity index (χ2n) is 12.8. The van der Waals surface area contributed by atoms with Crippen LogP contribution in [-0.4, -0.2) is 72.6 Å². The molecule has 1 unspecified atom stereocenters. The van der Waals surface area contributed by atoms with Crippen molar-refractivity contribution in [1.82, 2.24) is 34.9 Å². The van der Waals surface area contributed by atoms with E-state index < -0.39 is 41.8 Å². The number of aromatic nitrogens is 4. The zero-order valence-electron chi connectivity index (χ0n) is 26.8. The first kappa shape index (κ1) is 31.5. The first-order valence-corrected chi connectivity index (χ1v) is 16.4. The van der Waals surface area contributed by atoms with Crippen LogP contribution in [0.4, 0.5) is 14.6 Å². The summed E-state index contributed by atoms with van der Waals surface area (Å²) in [5.41, 5.74) is 9.03. The Morgan fingerprint density at radius 3 is 2.52 bits per heavy atom. The molecule has 12 nitrogen and oxygen atoms in total. The van der Waals surface area contributed by atoms with Crippen molar-refractivity contribution in [2.45, 2.75) is 50.6 Å². The second-order valence-corrected chi connectivity index (χ2v) is 12.8. The molecule has 3 aromatic carbocycles. The number of anilines is 1. The molecule has 5 heterocycles. The maximum Gasteiger partial charge on any atom is 0.258 e. The molecule has 3 aliphatic heterocycles. The highest BCUT2D eigenvalue weighted by atomic mass is 19.1. The Morgan fingerprint density at radius 1 is 0.980 bits per heavy atom. The van der Waals surface area contributed by atoms with Crippen LogP contribution in [0.5, 0.6) is 11.5 Å². The van der Waals surface area contributed by atoms with Crippen molar-refractivity contribution in [3.63, 3.8) is 0 Å². The molecule has 2 aromatic heterocycles. The number of nitrogens with zero attached hydrogens (tertiary/aromatic N) is 6. The fourth-order valence-corrected chi connectivity index (χ4v) is 7.18. The number of carbonyl (C=O) groups is 3. The van der Waals surface area contributed by atoms with Crippen LogP contribution in [-0.2, 0) is 22.7 Å². The fourth-order valence-electron chi connectivity index (χ4n) is 7.18. The van der Waals surface area contributed by atoms with Crippen molar-refractivity contribution in [3.8, 4) is 22.8 Å². The maximum atomic E-state index is 16.1. The standard InChI is InChI=1S/C36H32F2N8O4/c37-25-15-20(14-22-17-45(36(49)30(22)25)28-10-11-29(47)42-35(28)48)16-44-13-12-27(26(38)18-44)46-34-31(33(39)40-19-41-34)32(43-46)21-6-8-24(9-7-21)50-23-4-2-1-3-5-23/h1-9,14-15,19,26-28H,10-13,16-18H2,(H2,39,40,41)(H,42,47,48)/t26-,27+,28?/m1/s1. The number of imide groups is 1. The molecule has 50 heavy (non-hydrogen) atoms. The van der Waals surface area contributed by atoms with Crippen molar-refractivity contribution in [2.24, 2.45) is 0 Å². The lowest BCUT2D eigenvalue weighted by Crippen LogP contribution is -2.52. The van der Waals surface area contributed by atoms with Gasteiger partial charge < -0.3 is 15.4 Å². The minimum atomic E-state index is -1.33. The van der Waals surface area contributed by atoms with Crippen molar-refractivity contribution < 1.29 is 27.9 Å². The topological polar surface area (TPSA) is 149 Å². The van der Waals surface area contributed by atoms with Gasteiger partial charge in [0.25, 0.3) is 5.91 Å². The van der Waals surface area contributed by atoms with E-state index in [1.54, 1.807) is 10.7 Å². The molecule has 254 valence electrons. The van der Waals surface area contributed by atoms with Gasteiger partial charge in [-0.25, -0.2) is 23.4 Å². The summed E-state index contributed by atoms with van der Waals surface area (Å²) < 4.78 is 38.9. The van der Waals surface area contributed by atoms with Gasteiger partial charge in [0.2, 0.25) is 11.8 Å². The molecule has 0 aliphatic carbocycles. The van der Waals surface area contributed by atoms with Crippen LogP contribution in [0.2, 0.25) is 0 Å². The maximum absolute atomic E-state index is 16.1. The summed E-state index contributed by atoms with van der Waals surface area (Å²) in [4.78, 5) is 48.9. The predicted octanol–water partition coefficient (Wildman–Crippen LogP) is 4.55. The number of rotatable bonds is 7. The molecular weight excluding hydrogens is 646 g/mol. The molecule has 3 N–H and O–H groups in total. The second kappa shape index (κ2) is 12.6. The lowest BCUT2D eigenvalue weighted by Gasteiger charge is -2.35. The Bertz CT molecular complexity index is 2140. The summed E-state index contributed by atoms with van der Waals surface area (Å²) in [5, 5.41) is 7.62. The molecule has 14 heteroatoms. The first-order chi connectivity index (χ1) is 24.2. The molecule has 0 bridgehead atoms. The van der Waals surface area contributed by atoms with E-state index in [1.165, 1.54) is 17.3 Å². The van der Waals surface area contributed by atoms with Crippen LogP contribution in [0.1, 0.15) is 46.8 Å². The van der Waals surface area contributed by atoms with Gasteiger partial charge in [0.05, 0.1) is 17.0 Å². The number of ether oxygens (including phenoxy) is 1. The summed E-state index contributed by atoms with van der Waals surface area (Å²) in [6, 6.07) is 18.4. The Kier molecular flexibility index (Phi) is 7.94. The van der Waals surface area contributed by atoms with Crippen molar-refractivity contribution in [1.29, 1.82) is 0 Å². The largest absolute Gasteiger partial charge is 0.457 e. The number of halogens is 2. The summed E-state index contributed by atoms with van der Waals surface area (Å²) in [6.07, 6.45) is 0.709. The van der Waals surface area contributed by atoms with Gasteiger partial charge in [-0.15, -0.1) is 0 Å². The van der Waals surface area contributed by atoms with Crippen LogP contribution in [0, 0.1) is 5.82 Å².